The smallest absolute Gasteiger partial charge is 0.160 e. The van der Waals surface area contributed by atoms with Crippen molar-refractivity contribution in [3.05, 3.63) is 77.3 Å². The zero-order chi connectivity index (χ0) is 22.6. The molecule has 170 valence electrons. The van der Waals surface area contributed by atoms with E-state index >= 15 is 0 Å². The number of hydrazone groups is 1. The fraction of sp³-hybridized carbons (Fsp3) is 0.393. The Bertz CT molecular complexity index is 1110. The van der Waals surface area contributed by atoms with Crippen LogP contribution >= 0.6 is 0 Å². The third kappa shape index (κ3) is 4.24. The Morgan fingerprint density at radius 2 is 2.09 bits per heavy atom. The van der Waals surface area contributed by atoms with Crippen molar-refractivity contribution >= 4 is 24.0 Å². The van der Waals surface area contributed by atoms with Gasteiger partial charge in [0, 0.05) is 42.1 Å². The van der Waals surface area contributed by atoms with Crippen molar-refractivity contribution in [2.24, 2.45) is 21.0 Å². The van der Waals surface area contributed by atoms with Gasteiger partial charge in [-0.15, -0.1) is 0 Å². The number of aliphatic imine (C=N–C) groups is 2. The molecule has 0 saturated heterocycles. The Balaban J connectivity index is 1.51. The summed E-state index contributed by atoms with van der Waals surface area (Å²) in [6.07, 6.45) is 25.6. The minimum absolute atomic E-state index is 0.168. The van der Waals surface area contributed by atoms with Crippen LogP contribution in [0.4, 0.5) is 5.82 Å². The SMILES string of the molecule is C=C/C=C\C(=C/C)C1CCC=C(C2=C3N=C(C4CCCCC4)c4cc[nH]c4N3N=CC2)C=N1. The molecule has 1 aromatic rings. The van der Waals surface area contributed by atoms with E-state index in [0.717, 1.165) is 30.9 Å². The molecule has 33 heavy (non-hydrogen) atoms. The van der Waals surface area contributed by atoms with Gasteiger partial charge in [-0.05, 0) is 49.8 Å². The second-order valence-corrected chi connectivity index (χ2v) is 9.10. The summed E-state index contributed by atoms with van der Waals surface area (Å²) in [6, 6.07) is 2.33. The third-order valence-corrected chi connectivity index (χ3v) is 7.08. The van der Waals surface area contributed by atoms with Crippen molar-refractivity contribution in [1.29, 1.82) is 0 Å². The summed E-state index contributed by atoms with van der Waals surface area (Å²) < 4.78 is 0. The van der Waals surface area contributed by atoms with Gasteiger partial charge in [0.2, 0.25) is 0 Å². The van der Waals surface area contributed by atoms with Gasteiger partial charge in [0.25, 0.3) is 0 Å². The molecule has 4 heterocycles. The van der Waals surface area contributed by atoms with Gasteiger partial charge in [-0.1, -0.05) is 56.2 Å². The van der Waals surface area contributed by atoms with E-state index in [1.54, 1.807) is 0 Å². The number of nitrogens with zero attached hydrogens (tertiary/aromatic N) is 4. The second kappa shape index (κ2) is 9.74. The lowest BCUT2D eigenvalue weighted by Gasteiger charge is -2.33. The van der Waals surface area contributed by atoms with Crippen LogP contribution in [0.2, 0.25) is 0 Å². The number of fused-ring (bicyclic) bond motifs is 3. The number of hydrogen-bond acceptors (Lipinski definition) is 4. The van der Waals surface area contributed by atoms with Crippen LogP contribution in [0.3, 0.4) is 0 Å². The van der Waals surface area contributed by atoms with Crippen molar-refractivity contribution in [2.75, 3.05) is 5.01 Å². The molecule has 3 aliphatic heterocycles. The molecular formula is C28H33N5. The van der Waals surface area contributed by atoms with Gasteiger partial charge in [0.1, 0.15) is 5.82 Å². The van der Waals surface area contributed by atoms with E-state index in [9.17, 15) is 0 Å². The van der Waals surface area contributed by atoms with Gasteiger partial charge in [-0.3, -0.25) is 4.99 Å². The Hall–Kier alpha value is -3.21. The molecule has 1 aromatic heterocycles. The number of aromatic nitrogens is 1. The van der Waals surface area contributed by atoms with E-state index in [1.807, 2.05) is 29.6 Å². The van der Waals surface area contributed by atoms with Crippen LogP contribution in [0.1, 0.15) is 63.9 Å². The number of nitrogens with one attached hydrogen (secondary N) is 1. The molecule has 1 atom stereocenters. The number of H-pyrrole nitrogens is 1. The number of anilines is 1. The van der Waals surface area contributed by atoms with Crippen LogP contribution in [0.25, 0.3) is 0 Å². The topological polar surface area (TPSA) is 56.1 Å². The third-order valence-electron chi connectivity index (χ3n) is 7.08. The molecule has 0 spiro atoms. The number of hydrogen-bond donors (Lipinski definition) is 1. The van der Waals surface area contributed by atoms with Crippen molar-refractivity contribution in [1.82, 2.24) is 4.98 Å². The molecule has 5 heteroatoms. The summed E-state index contributed by atoms with van der Waals surface area (Å²) >= 11 is 0. The fourth-order valence-electron chi connectivity index (χ4n) is 5.34. The highest BCUT2D eigenvalue weighted by Gasteiger charge is 2.33. The maximum atomic E-state index is 5.29. The zero-order valence-electron chi connectivity index (χ0n) is 19.5. The highest BCUT2D eigenvalue weighted by atomic mass is 15.5. The monoisotopic (exact) mass is 439 g/mol. The standard InChI is InChI=1S/C28H33N5/c1-3-5-10-20(4-2)25-14-9-13-22(19-30-25)23-16-18-31-33-27-24(15-17-29-27)26(32-28(23)33)21-11-7-6-8-12-21/h3-5,10,13,15,17-19,21,25,29H,1,6-9,11-12,14,16H2,2H3/b10-5-,20-4+. The summed E-state index contributed by atoms with van der Waals surface area (Å²) in [6.45, 7) is 5.87. The van der Waals surface area contributed by atoms with Gasteiger partial charge in [-0.2, -0.15) is 10.1 Å². The van der Waals surface area contributed by atoms with Gasteiger partial charge in [-0.25, -0.2) is 4.99 Å². The lowest BCUT2D eigenvalue weighted by atomic mass is 9.83. The van der Waals surface area contributed by atoms with Gasteiger partial charge < -0.3 is 4.98 Å². The van der Waals surface area contributed by atoms with E-state index in [1.165, 1.54) is 60.1 Å². The van der Waals surface area contributed by atoms with Gasteiger partial charge in [0.05, 0.1) is 11.8 Å². The lowest BCUT2D eigenvalue weighted by Crippen LogP contribution is -2.31. The molecule has 0 amide bonds. The second-order valence-electron chi connectivity index (χ2n) is 9.10. The van der Waals surface area contributed by atoms with Crippen molar-refractivity contribution in [3.63, 3.8) is 0 Å². The molecule has 0 bridgehead atoms. The van der Waals surface area contributed by atoms with Crippen LogP contribution in [0.15, 0.2) is 86.8 Å². The molecule has 4 aliphatic rings. The average Bonchev–Trinajstić information content (AvgIpc) is 3.24. The minimum atomic E-state index is 0.168. The number of rotatable bonds is 5. The highest BCUT2D eigenvalue weighted by Crippen LogP contribution is 2.39. The first-order valence-corrected chi connectivity index (χ1v) is 12.3. The fourth-order valence-corrected chi connectivity index (χ4v) is 5.34. The van der Waals surface area contributed by atoms with Crippen LogP contribution in [-0.4, -0.2) is 29.2 Å². The summed E-state index contributed by atoms with van der Waals surface area (Å²) in [7, 11) is 0. The molecule has 1 unspecified atom stereocenters. The molecule has 0 aromatic carbocycles. The number of aromatic amines is 1. The molecule has 1 aliphatic carbocycles. The quantitative estimate of drug-likeness (QED) is 0.513. The van der Waals surface area contributed by atoms with Crippen molar-refractivity contribution < 1.29 is 0 Å². The van der Waals surface area contributed by atoms with Gasteiger partial charge >= 0.3 is 0 Å². The largest absolute Gasteiger partial charge is 0.346 e. The van der Waals surface area contributed by atoms with E-state index in [-0.39, 0.29) is 6.04 Å². The molecule has 5 nitrogen and oxygen atoms in total. The molecule has 1 saturated carbocycles. The van der Waals surface area contributed by atoms with Crippen LogP contribution in [0, 0.1) is 5.92 Å². The normalized spacial score (nSPS) is 23.8. The summed E-state index contributed by atoms with van der Waals surface area (Å²) in [5.41, 5.74) is 6.07. The molecule has 1 fully saturated rings. The van der Waals surface area contributed by atoms with Crippen molar-refractivity contribution in [3.8, 4) is 0 Å². The Kier molecular flexibility index (Phi) is 6.38. The first-order chi connectivity index (χ1) is 16.3. The Morgan fingerprint density at radius 1 is 1.21 bits per heavy atom. The van der Waals surface area contributed by atoms with E-state index in [2.05, 4.69) is 49.0 Å². The summed E-state index contributed by atoms with van der Waals surface area (Å²) in [5.74, 6) is 2.54. The maximum Gasteiger partial charge on any atom is 0.160 e. The Morgan fingerprint density at radius 3 is 2.91 bits per heavy atom. The Labute approximate surface area is 196 Å². The molecule has 1 N–H and O–H groups in total. The van der Waals surface area contributed by atoms with Crippen LogP contribution in [0.5, 0.6) is 0 Å². The summed E-state index contributed by atoms with van der Waals surface area (Å²) in [4.78, 5) is 13.7. The molecular weight excluding hydrogens is 406 g/mol. The predicted octanol–water partition coefficient (Wildman–Crippen LogP) is 6.65. The van der Waals surface area contributed by atoms with E-state index < -0.39 is 0 Å². The molecule has 0 radical (unpaired) electrons. The van der Waals surface area contributed by atoms with Crippen molar-refractivity contribution in [2.45, 2.75) is 64.3 Å². The maximum absolute atomic E-state index is 5.29. The molecule has 5 rings (SSSR count). The number of allylic oxidation sites excluding steroid dienone is 6. The zero-order valence-corrected chi connectivity index (χ0v) is 19.5. The van der Waals surface area contributed by atoms with Crippen LogP contribution < -0.4 is 5.01 Å². The predicted molar refractivity (Wildman–Crippen MR) is 139 cm³/mol. The van der Waals surface area contributed by atoms with E-state index in [0.29, 0.717) is 5.92 Å². The first kappa shape index (κ1) is 21.6. The first-order valence-electron chi connectivity index (χ1n) is 12.3. The minimum Gasteiger partial charge on any atom is -0.346 e. The van der Waals surface area contributed by atoms with Gasteiger partial charge in [0.15, 0.2) is 5.82 Å². The average molecular weight is 440 g/mol. The highest BCUT2D eigenvalue weighted by molar-refractivity contribution is 6.09. The van der Waals surface area contributed by atoms with Crippen LogP contribution in [-0.2, 0) is 0 Å². The lowest BCUT2D eigenvalue weighted by molar-refractivity contribution is 0.439. The van der Waals surface area contributed by atoms with E-state index in [4.69, 9.17) is 15.1 Å². The summed E-state index contributed by atoms with van der Waals surface area (Å²) in [5, 5.41) is 6.70.